The van der Waals surface area contributed by atoms with Crippen molar-refractivity contribution in [3.8, 4) is 6.01 Å². The van der Waals surface area contributed by atoms with Crippen LogP contribution in [-0.2, 0) is 0 Å². The molecule has 0 radical (unpaired) electrons. The summed E-state index contributed by atoms with van der Waals surface area (Å²) in [4.78, 5) is 12.3. The number of aromatic nitrogens is 3. The third kappa shape index (κ3) is 5.36. The molecule has 0 saturated heterocycles. The summed E-state index contributed by atoms with van der Waals surface area (Å²) < 4.78 is 5.40. The second kappa shape index (κ2) is 8.00. The molecule has 1 fully saturated rings. The van der Waals surface area contributed by atoms with Gasteiger partial charge in [0.15, 0.2) is 0 Å². The number of nitrogen functional groups attached to an aromatic ring is 1. The Morgan fingerprint density at radius 1 is 1.29 bits per heavy atom. The minimum Gasteiger partial charge on any atom is -0.463 e. The smallest absolute Gasteiger partial charge is 0.323 e. The summed E-state index contributed by atoms with van der Waals surface area (Å²) in [7, 11) is 0. The molecular weight excluding hydrogens is 266 g/mol. The van der Waals surface area contributed by atoms with Crippen molar-refractivity contribution in [2.75, 3.05) is 24.2 Å². The van der Waals surface area contributed by atoms with Gasteiger partial charge in [-0.15, -0.1) is 0 Å². The SMILES string of the molecule is CCCOc1nc(N)nc(NCCC2CCCC(C)C2)n1. The van der Waals surface area contributed by atoms with E-state index in [0.717, 1.165) is 31.2 Å². The van der Waals surface area contributed by atoms with E-state index in [0.29, 0.717) is 18.6 Å². The fourth-order valence-electron chi connectivity index (χ4n) is 2.92. The van der Waals surface area contributed by atoms with Crippen LogP contribution < -0.4 is 15.8 Å². The number of nitrogens with one attached hydrogen (secondary N) is 1. The molecule has 6 heteroatoms. The summed E-state index contributed by atoms with van der Waals surface area (Å²) >= 11 is 0. The van der Waals surface area contributed by atoms with Crippen LogP contribution in [0.2, 0.25) is 0 Å². The second-order valence-electron chi connectivity index (χ2n) is 6.00. The maximum atomic E-state index is 5.68. The average Bonchev–Trinajstić information content (AvgIpc) is 2.45. The number of hydrogen-bond acceptors (Lipinski definition) is 6. The molecule has 2 unspecified atom stereocenters. The zero-order valence-corrected chi connectivity index (χ0v) is 13.1. The van der Waals surface area contributed by atoms with Crippen molar-refractivity contribution in [1.29, 1.82) is 0 Å². The first-order valence-corrected chi connectivity index (χ1v) is 8.05. The van der Waals surface area contributed by atoms with Crippen molar-refractivity contribution in [3.63, 3.8) is 0 Å². The van der Waals surface area contributed by atoms with Crippen LogP contribution >= 0.6 is 0 Å². The fourth-order valence-corrected chi connectivity index (χ4v) is 2.92. The number of ether oxygens (including phenoxy) is 1. The van der Waals surface area contributed by atoms with E-state index in [9.17, 15) is 0 Å². The molecule has 6 nitrogen and oxygen atoms in total. The molecule has 21 heavy (non-hydrogen) atoms. The van der Waals surface area contributed by atoms with Gasteiger partial charge in [0.25, 0.3) is 0 Å². The Labute approximate surface area is 126 Å². The number of nitrogens with two attached hydrogens (primary N) is 1. The minimum absolute atomic E-state index is 0.199. The lowest BCUT2D eigenvalue weighted by Crippen LogP contribution is -2.17. The molecular formula is C15H27N5O. The van der Waals surface area contributed by atoms with Gasteiger partial charge in [0, 0.05) is 6.54 Å². The van der Waals surface area contributed by atoms with Crippen LogP contribution in [0.4, 0.5) is 11.9 Å². The highest BCUT2D eigenvalue weighted by atomic mass is 16.5. The number of rotatable bonds is 7. The van der Waals surface area contributed by atoms with Crippen LogP contribution in [0, 0.1) is 11.8 Å². The van der Waals surface area contributed by atoms with Crippen LogP contribution in [0.25, 0.3) is 0 Å². The third-order valence-corrected chi connectivity index (χ3v) is 3.95. The van der Waals surface area contributed by atoms with Crippen LogP contribution in [-0.4, -0.2) is 28.1 Å². The lowest BCUT2D eigenvalue weighted by Gasteiger charge is -2.26. The second-order valence-corrected chi connectivity index (χ2v) is 6.00. The van der Waals surface area contributed by atoms with Crippen LogP contribution in [0.15, 0.2) is 0 Å². The van der Waals surface area contributed by atoms with Crippen LogP contribution in [0.3, 0.4) is 0 Å². The molecule has 0 aliphatic heterocycles. The summed E-state index contributed by atoms with van der Waals surface area (Å²) in [5, 5.41) is 3.24. The predicted octanol–water partition coefficient (Wildman–Crippen LogP) is 2.87. The molecule has 3 N–H and O–H groups in total. The van der Waals surface area contributed by atoms with Gasteiger partial charge < -0.3 is 15.8 Å². The predicted molar refractivity (Wildman–Crippen MR) is 84.3 cm³/mol. The van der Waals surface area contributed by atoms with E-state index in [2.05, 4.69) is 27.2 Å². The molecule has 0 amide bonds. The van der Waals surface area contributed by atoms with Crippen LogP contribution in [0.1, 0.15) is 52.4 Å². The van der Waals surface area contributed by atoms with Gasteiger partial charge in [0.05, 0.1) is 6.61 Å². The van der Waals surface area contributed by atoms with Gasteiger partial charge in [0.1, 0.15) is 0 Å². The Morgan fingerprint density at radius 2 is 2.14 bits per heavy atom. The first-order valence-electron chi connectivity index (χ1n) is 8.05. The molecule has 0 spiro atoms. The summed E-state index contributed by atoms with van der Waals surface area (Å²) in [5.41, 5.74) is 5.68. The Bertz CT molecular complexity index is 440. The van der Waals surface area contributed by atoms with E-state index >= 15 is 0 Å². The fraction of sp³-hybridized carbons (Fsp3) is 0.800. The summed E-state index contributed by atoms with van der Waals surface area (Å²) in [6, 6.07) is 0.304. The van der Waals surface area contributed by atoms with E-state index in [1.807, 2.05) is 6.92 Å². The standard InChI is InChI=1S/C15H27N5O/c1-3-9-21-15-19-13(16)18-14(20-15)17-8-7-12-6-4-5-11(2)10-12/h11-12H,3-10H2,1-2H3,(H3,16,17,18,19,20). The van der Waals surface area contributed by atoms with Crippen LogP contribution in [0.5, 0.6) is 6.01 Å². The number of hydrogen-bond donors (Lipinski definition) is 2. The Morgan fingerprint density at radius 3 is 2.90 bits per heavy atom. The first-order chi connectivity index (χ1) is 10.2. The van der Waals surface area contributed by atoms with Gasteiger partial charge in [-0.05, 0) is 31.1 Å². The lowest BCUT2D eigenvalue weighted by atomic mass is 9.81. The zero-order chi connectivity index (χ0) is 15.1. The maximum Gasteiger partial charge on any atom is 0.323 e. The minimum atomic E-state index is 0.199. The lowest BCUT2D eigenvalue weighted by molar-refractivity contribution is 0.274. The molecule has 2 rings (SSSR count). The van der Waals surface area contributed by atoms with E-state index < -0.39 is 0 Å². The van der Waals surface area contributed by atoms with Gasteiger partial charge in [-0.25, -0.2) is 0 Å². The molecule has 2 atom stereocenters. The third-order valence-electron chi connectivity index (χ3n) is 3.95. The Hall–Kier alpha value is -1.59. The average molecular weight is 293 g/mol. The summed E-state index contributed by atoms with van der Waals surface area (Å²) in [6.45, 7) is 5.84. The highest BCUT2D eigenvalue weighted by molar-refractivity contribution is 5.32. The van der Waals surface area contributed by atoms with E-state index in [1.54, 1.807) is 0 Å². The number of nitrogens with zero attached hydrogens (tertiary/aromatic N) is 3. The maximum absolute atomic E-state index is 5.68. The van der Waals surface area contributed by atoms with Gasteiger partial charge >= 0.3 is 6.01 Å². The van der Waals surface area contributed by atoms with E-state index in [-0.39, 0.29) is 5.95 Å². The van der Waals surface area contributed by atoms with Gasteiger partial charge in [-0.3, -0.25) is 0 Å². The molecule has 1 aromatic heterocycles. The first kappa shape index (κ1) is 15.8. The van der Waals surface area contributed by atoms with E-state index in [4.69, 9.17) is 10.5 Å². The van der Waals surface area contributed by atoms with Crippen molar-refractivity contribution < 1.29 is 4.74 Å². The van der Waals surface area contributed by atoms with Gasteiger partial charge in [-0.2, -0.15) is 15.0 Å². The molecule has 1 aromatic rings. The van der Waals surface area contributed by atoms with Crippen molar-refractivity contribution in [3.05, 3.63) is 0 Å². The van der Waals surface area contributed by atoms with Gasteiger partial charge in [-0.1, -0.05) is 33.1 Å². The molecule has 1 saturated carbocycles. The normalized spacial score (nSPS) is 22.0. The Balaban J connectivity index is 1.80. The highest BCUT2D eigenvalue weighted by Crippen LogP contribution is 2.30. The summed E-state index contributed by atoms with van der Waals surface area (Å²) in [5.74, 6) is 2.39. The van der Waals surface area contributed by atoms with Crippen molar-refractivity contribution >= 4 is 11.9 Å². The molecule has 1 heterocycles. The van der Waals surface area contributed by atoms with E-state index in [1.165, 1.54) is 25.7 Å². The van der Waals surface area contributed by atoms with Crippen molar-refractivity contribution in [2.45, 2.75) is 52.4 Å². The topological polar surface area (TPSA) is 86.0 Å². The van der Waals surface area contributed by atoms with Gasteiger partial charge in [0.2, 0.25) is 11.9 Å². The molecule has 1 aliphatic rings. The molecule has 0 bridgehead atoms. The highest BCUT2D eigenvalue weighted by Gasteiger charge is 2.18. The molecule has 0 aromatic carbocycles. The largest absolute Gasteiger partial charge is 0.463 e. The zero-order valence-electron chi connectivity index (χ0n) is 13.1. The van der Waals surface area contributed by atoms with Crippen molar-refractivity contribution in [1.82, 2.24) is 15.0 Å². The number of anilines is 2. The monoisotopic (exact) mass is 293 g/mol. The van der Waals surface area contributed by atoms with Crippen molar-refractivity contribution in [2.24, 2.45) is 11.8 Å². The Kier molecular flexibility index (Phi) is 6.02. The summed E-state index contributed by atoms with van der Waals surface area (Å²) in [6.07, 6.45) is 7.49. The molecule has 118 valence electrons. The quantitative estimate of drug-likeness (QED) is 0.804. The molecule has 1 aliphatic carbocycles.